The molecular weight excluding hydrogens is 356 g/mol. The summed E-state index contributed by atoms with van der Waals surface area (Å²) in [5.41, 5.74) is 0.0317. The van der Waals surface area contributed by atoms with E-state index in [0.717, 1.165) is 11.3 Å². The van der Waals surface area contributed by atoms with Gasteiger partial charge in [-0.3, -0.25) is 4.79 Å². The van der Waals surface area contributed by atoms with Gasteiger partial charge in [0, 0.05) is 7.05 Å². The zero-order valence-corrected chi connectivity index (χ0v) is 14.6. The molecule has 0 radical (unpaired) electrons. The van der Waals surface area contributed by atoms with Crippen LogP contribution in [-0.4, -0.2) is 43.9 Å². The highest BCUT2D eigenvalue weighted by Gasteiger charge is 2.20. The third kappa shape index (κ3) is 4.22. The number of carbonyl (C=O) groups excluding carboxylic acids is 1. The number of amides is 1. The van der Waals surface area contributed by atoms with Crippen molar-refractivity contribution in [2.45, 2.75) is 17.7 Å². The minimum atomic E-state index is -3.71. The number of carboxylic acid groups (broad SMARTS) is 1. The van der Waals surface area contributed by atoms with Gasteiger partial charge < -0.3 is 14.4 Å². The highest BCUT2D eigenvalue weighted by Crippen LogP contribution is 2.17. The average molecular weight is 372 g/mol. The Morgan fingerprint density at radius 3 is 2.67 bits per heavy atom. The lowest BCUT2D eigenvalue weighted by atomic mass is 10.2. The van der Waals surface area contributed by atoms with E-state index in [4.69, 9.17) is 9.52 Å². The Kier molecular flexibility index (Phi) is 5.42. The smallest absolute Gasteiger partial charge is 0.339 e. The topological polar surface area (TPSA) is 117 Å². The van der Waals surface area contributed by atoms with E-state index in [9.17, 15) is 18.0 Å². The standard InChI is InChI=1S/C14H16N2O6S2/c1-9-11(14(18)19)6-10(22-9)8-16(2)12(17)7-15-24(20,21)13-4-3-5-23-13/h3-6,15H,7-8H2,1-2H3,(H,18,19). The van der Waals surface area contributed by atoms with E-state index in [1.165, 1.54) is 31.0 Å². The maximum Gasteiger partial charge on any atom is 0.339 e. The quantitative estimate of drug-likeness (QED) is 0.756. The number of likely N-dealkylation sites (N-methyl/N-ethyl adjacent to an activating group) is 1. The Balaban J connectivity index is 1.95. The van der Waals surface area contributed by atoms with E-state index < -0.39 is 28.4 Å². The van der Waals surface area contributed by atoms with Gasteiger partial charge in [0.1, 0.15) is 21.3 Å². The predicted octanol–water partition coefficient (Wildman–Crippen LogP) is 1.28. The Morgan fingerprint density at radius 1 is 1.42 bits per heavy atom. The molecule has 2 aromatic heterocycles. The molecule has 0 saturated carbocycles. The summed E-state index contributed by atoms with van der Waals surface area (Å²) in [5, 5.41) is 10.6. The average Bonchev–Trinajstić information content (AvgIpc) is 3.14. The minimum absolute atomic E-state index is 0.0317. The summed E-state index contributed by atoms with van der Waals surface area (Å²) in [6, 6.07) is 4.39. The normalized spacial score (nSPS) is 11.4. The number of hydrogen-bond acceptors (Lipinski definition) is 6. The Hall–Kier alpha value is -2.17. The fraction of sp³-hybridized carbons (Fsp3) is 0.286. The SMILES string of the molecule is Cc1oc(CN(C)C(=O)CNS(=O)(=O)c2cccs2)cc1C(=O)O. The fourth-order valence-corrected chi connectivity index (χ4v) is 3.95. The van der Waals surface area contributed by atoms with Gasteiger partial charge >= 0.3 is 5.97 Å². The maximum atomic E-state index is 12.0. The Morgan fingerprint density at radius 2 is 2.12 bits per heavy atom. The van der Waals surface area contributed by atoms with E-state index in [1.807, 2.05) is 0 Å². The number of thiophene rings is 1. The number of hydrogen-bond donors (Lipinski definition) is 2. The van der Waals surface area contributed by atoms with Crippen molar-refractivity contribution in [1.29, 1.82) is 0 Å². The Labute approximate surface area is 142 Å². The van der Waals surface area contributed by atoms with Crippen molar-refractivity contribution < 1.29 is 27.5 Å². The van der Waals surface area contributed by atoms with Crippen LogP contribution in [0.15, 0.2) is 32.2 Å². The number of rotatable bonds is 7. The van der Waals surface area contributed by atoms with Crippen LogP contribution in [0.25, 0.3) is 0 Å². The number of carboxylic acids is 1. The summed E-state index contributed by atoms with van der Waals surface area (Å²) in [6.07, 6.45) is 0. The second kappa shape index (κ2) is 7.16. The van der Waals surface area contributed by atoms with E-state index in [0.29, 0.717) is 5.76 Å². The van der Waals surface area contributed by atoms with Crippen molar-refractivity contribution in [3.8, 4) is 0 Å². The molecule has 0 aliphatic heterocycles. The molecule has 0 fully saturated rings. The van der Waals surface area contributed by atoms with Crippen molar-refractivity contribution >= 4 is 33.2 Å². The van der Waals surface area contributed by atoms with E-state index in [-0.39, 0.29) is 22.1 Å². The fourth-order valence-electron chi connectivity index (χ4n) is 1.94. The van der Waals surface area contributed by atoms with Gasteiger partial charge in [0.15, 0.2) is 0 Å². The van der Waals surface area contributed by atoms with Crippen LogP contribution >= 0.6 is 11.3 Å². The van der Waals surface area contributed by atoms with E-state index in [2.05, 4.69) is 4.72 Å². The summed E-state index contributed by atoms with van der Waals surface area (Å²) in [6.45, 7) is 1.15. The van der Waals surface area contributed by atoms with Gasteiger partial charge in [0.05, 0.1) is 13.1 Å². The monoisotopic (exact) mass is 372 g/mol. The lowest BCUT2D eigenvalue weighted by molar-refractivity contribution is -0.129. The lowest BCUT2D eigenvalue weighted by Crippen LogP contribution is -2.37. The third-order valence-electron chi connectivity index (χ3n) is 3.19. The van der Waals surface area contributed by atoms with Crippen LogP contribution in [0.1, 0.15) is 21.9 Å². The molecule has 0 unspecified atom stereocenters. The summed E-state index contributed by atoms with van der Waals surface area (Å²) < 4.78 is 31.5. The molecule has 0 aliphatic rings. The Bertz CT molecular complexity index is 839. The molecule has 1 amide bonds. The largest absolute Gasteiger partial charge is 0.478 e. The molecule has 0 aromatic carbocycles. The first-order valence-corrected chi connectivity index (χ1v) is 9.16. The molecule has 24 heavy (non-hydrogen) atoms. The second-order valence-electron chi connectivity index (χ2n) is 4.99. The van der Waals surface area contributed by atoms with Gasteiger partial charge in [-0.05, 0) is 24.4 Å². The van der Waals surface area contributed by atoms with Gasteiger partial charge in [-0.25, -0.2) is 17.9 Å². The molecular formula is C14H16N2O6S2. The summed E-state index contributed by atoms with van der Waals surface area (Å²) in [5.74, 6) is -1.03. The molecule has 2 rings (SSSR count). The first kappa shape index (κ1) is 18.2. The molecule has 10 heteroatoms. The number of sulfonamides is 1. The van der Waals surface area contributed by atoms with Gasteiger partial charge in [-0.1, -0.05) is 6.07 Å². The van der Waals surface area contributed by atoms with Gasteiger partial charge in [0.25, 0.3) is 10.0 Å². The molecule has 8 nitrogen and oxygen atoms in total. The summed E-state index contributed by atoms with van der Waals surface area (Å²) >= 11 is 1.05. The van der Waals surface area contributed by atoms with Crippen LogP contribution in [0.4, 0.5) is 0 Å². The zero-order valence-electron chi connectivity index (χ0n) is 13.0. The second-order valence-corrected chi connectivity index (χ2v) is 7.94. The number of furan rings is 1. The van der Waals surface area contributed by atoms with Crippen LogP contribution in [0, 0.1) is 6.92 Å². The maximum absolute atomic E-state index is 12.0. The molecule has 0 aliphatic carbocycles. The van der Waals surface area contributed by atoms with Crippen molar-refractivity contribution in [2.75, 3.05) is 13.6 Å². The molecule has 0 saturated heterocycles. The van der Waals surface area contributed by atoms with Crippen LogP contribution in [-0.2, 0) is 21.4 Å². The van der Waals surface area contributed by atoms with Crippen molar-refractivity contribution in [2.24, 2.45) is 0 Å². The number of aromatic carboxylic acids is 1. The molecule has 0 spiro atoms. The van der Waals surface area contributed by atoms with E-state index >= 15 is 0 Å². The molecule has 2 N–H and O–H groups in total. The number of aryl methyl sites for hydroxylation is 1. The van der Waals surface area contributed by atoms with Crippen molar-refractivity contribution in [3.05, 3.63) is 40.7 Å². The van der Waals surface area contributed by atoms with Crippen LogP contribution in [0.5, 0.6) is 0 Å². The number of nitrogens with zero attached hydrogens (tertiary/aromatic N) is 1. The van der Waals surface area contributed by atoms with Gasteiger partial charge in [-0.15, -0.1) is 11.3 Å². The summed E-state index contributed by atoms with van der Waals surface area (Å²) in [7, 11) is -2.24. The van der Waals surface area contributed by atoms with E-state index in [1.54, 1.807) is 11.4 Å². The molecule has 130 valence electrons. The highest BCUT2D eigenvalue weighted by molar-refractivity contribution is 7.91. The predicted molar refractivity (Wildman–Crippen MR) is 86.4 cm³/mol. The van der Waals surface area contributed by atoms with Gasteiger partial charge in [-0.2, -0.15) is 0 Å². The number of carbonyl (C=O) groups is 2. The lowest BCUT2D eigenvalue weighted by Gasteiger charge is -2.15. The molecule has 2 aromatic rings. The zero-order chi connectivity index (χ0) is 17.9. The minimum Gasteiger partial charge on any atom is -0.478 e. The summed E-state index contributed by atoms with van der Waals surface area (Å²) in [4.78, 5) is 24.2. The molecule has 2 heterocycles. The first-order chi connectivity index (χ1) is 11.2. The third-order valence-corrected chi connectivity index (χ3v) is 5.99. The first-order valence-electron chi connectivity index (χ1n) is 6.80. The van der Waals surface area contributed by atoms with Crippen LogP contribution < -0.4 is 4.72 Å². The van der Waals surface area contributed by atoms with Crippen LogP contribution in [0.2, 0.25) is 0 Å². The van der Waals surface area contributed by atoms with Crippen molar-refractivity contribution in [1.82, 2.24) is 9.62 Å². The van der Waals surface area contributed by atoms with Crippen molar-refractivity contribution in [3.63, 3.8) is 0 Å². The number of nitrogens with one attached hydrogen (secondary N) is 1. The van der Waals surface area contributed by atoms with Crippen LogP contribution in [0.3, 0.4) is 0 Å². The molecule has 0 atom stereocenters. The van der Waals surface area contributed by atoms with Gasteiger partial charge in [0.2, 0.25) is 5.91 Å². The highest BCUT2D eigenvalue weighted by atomic mass is 32.2. The molecule has 0 bridgehead atoms.